The monoisotopic (exact) mass is 364 g/mol. The summed E-state index contributed by atoms with van der Waals surface area (Å²) in [6.07, 6.45) is 0. The van der Waals surface area contributed by atoms with Crippen molar-refractivity contribution in [3.05, 3.63) is 41.1 Å². The fraction of sp³-hybridized carbons (Fsp3) is 0.100. The third kappa shape index (κ3) is 2.25. The summed E-state index contributed by atoms with van der Waals surface area (Å²) in [5.41, 5.74) is 0. The zero-order valence-electron chi connectivity index (χ0n) is 7.71. The van der Waals surface area contributed by atoms with E-state index >= 15 is 0 Å². The van der Waals surface area contributed by atoms with Gasteiger partial charge in [-0.2, -0.15) is 0 Å². The van der Waals surface area contributed by atoms with E-state index in [9.17, 15) is 4.79 Å². The van der Waals surface area contributed by atoms with Gasteiger partial charge in [0.05, 0.1) is 9.75 Å². The van der Waals surface area contributed by atoms with Crippen molar-refractivity contribution < 1.29 is 4.79 Å². The highest BCUT2D eigenvalue weighted by Gasteiger charge is 2.18. The zero-order valence-corrected chi connectivity index (χ0v) is 12.5. The van der Waals surface area contributed by atoms with Crippen LogP contribution in [-0.2, 0) is 0 Å². The van der Waals surface area contributed by atoms with E-state index in [1.807, 2.05) is 24.4 Å². The van der Waals surface area contributed by atoms with E-state index in [2.05, 4.69) is 31.9 Å². The van der Waals surface area contributed by atoms with Crippen LogP contribution in [0.3, 0.4) is 0 Å². The van der Waals surface area contributed by atoms with Crippen LogP contribution in [0.15, 0.2) is 26.5 Å². The van der Waals surface area contributed by atoms with Gasteiger partial charge in [0.1, 0.15) is 0 Å². The maximum Gasteiger partial charge on any atom is 0.215 e. The molecule has 0 saturated carbocycles. The molecule has 0 aliphatic carbocycles. The lowest BCUT2D eigenvalue weighted by Crippen LogP contribution is -1.96. The van der Waals surface area contributed by atoms with Gasteiger partial charge in [0.15, 0.2) is 0 Å². The Morgan fingerprint density at radius 3 is 2.47 bits per heavy atom. The van der Waals surface area contributed by atoms with Crippen molar-refractivity contribution in [2.75, 3.05) is 0 Å². The Morgan fingerprint density at radius 1 is 1.27 bits per heavy atom. The molecule has 78 valence electrons. The molecule has 0 aliphatic rings. The maximum atomic E-state index is 12.1. The molecule has 0 saturated heterocycles. The molecular weight excluding hydrogens is 360 g/mol. The minimum atomic E-state index is 0.0850. The molecule has 2 aromatic heterocycles. The predicted molar refractivity (Wildman–Crippen MR) is 72.2 cm³/mol. The molecule has 2 rings (SSSR count). The Labute approximate surface area is 112 Å². The molecule has 0 aliphatic heterocycles. The molecule has 0 aromatic carbocycles. The summed E-state index contributed by atoms with van der Waals surface area (Å²) < 4.78 is 1.76. The van der Waals surface area contributed by atoms with Gasteiger partial charge in [-0.1, -0.05) is 0 Å². The molecule has 1 nitrogen and oxygen atoms in total. The molecule has 2 aromatic rings. The summed E-state index contributed by atoms with van der Waals surface area (Å²) in [7, 11) is 0. The number of thiophene rings is 2. The fourth-order valence-electron chi connectivity index (χ4n) is 1.20. The third-order valence-corrected chi connectivity index (χ3v) is 5.61. The first-order valence-electron chi connectivity index (χ1n) is 4.13. The second-order valence-electron chi connectivity index (χ2n) is 2.96. The molecule has 0 atom stereocenters. The van der Waals surface area contributed by atoms with Crippen molar-refractivity contribution in [1.82, 2.24) is 0 Å². The van der Waals surface area contributed by atoms with Crippen LogP contribution in [0.25, 0.3) is 0 Å². The molecule has 2 heterocycles. The van der Waals surface area contributed by atoms with Crippen LogP contribution in [-0.4, -0.2) is 5.78 Å². The highest BCUT2D eigenvalue weighted by atomic mass is 79.9. The maximum absolute atomic E-state index is 12.1. The van der Waals surface area contributed by atoms with E-state index < -0.39 is 0 Å². The van der Waals surface area contributed by atoms with Gasteiger partial charge in [0.2, 0.25) is 5.78 Å². The topological polar surface area (TPSA) is 17.1 Å². The molecule has 0 fully saturated rings. The first-order chi connectivity index (χ1) is 7.09. The van der Waals surface area contributed by atoms with Gasteiger partial charge >= 0.3 is 0 Å². The minimum absolute atomic E-state index is 0.0850. The van der Waals surface area contributed by atoms with Gasteiger partial charge in [-0.15, -0.1) is 22.7 Å². The lowest BCUT2D eigenvalue weighted by Gasteiger charge is -1.95. The lowest BCUT2D eigenvalue weighted by atomic mass is 10.3. The van der Waals surface area contributed by atoms with Gasteiger partial charge in [-0.05, 0) is 56.3 Å². The van der Waals surface area contributed by atoms with Crippen LogP contribution in [0.2, 0.25) is 0 Å². The van der Waals surface area contributed by atoms with Gasteiger partial charge < -0.3 is 0 Å². The van der Waals surface area contributed by atoms with Crippen molar-refractivity contribution in [3.8, 4) is 0 Å². The SMILES string of the molecule is Cc1cc(Br)c(C(=O)c2sccc2Br)s1. The smallest absolute Gasteiger partial charge is 0.215 e. The predicted octanol–water partition coefficient (Wildman–Crippen LogP) is 4.87. The largest absolute Gasteiger partial charge is 0.287 e. The number of hydrogen-bond donors (Lipinski definition) is 0. The molecule has 0 spiro atoms. The molecule has 0 unspecified atom stereocenters. The zero-order chi connectivity index (χ0) is 11.0. The van der Waals surface area contributed by atoms with E-state index in [1.54, 1.807) is 0 Å². The normalized spacial score (nSPS) is 10.6. The number of halogens is 2. The van der Waals surface area contributed by atoms with Gasteiger partial charge in [-0.25, -0.2) is 0 Å². The van der Waals surface area contributed by atoms with Gasteiger partial charge in [-0.3, -0.25) is 4.79 Å². The number of carbonyl (C=O) groups is 1. The van der Waals surface area contributed by atoms with Crippen LogP contribution in [0, 0.1) is 6.92 Å². The summed E-state index contributed by atoms with van der Waals surface area (Å²) in [5, 5.41) is 1.91. The number of aryl methyl sites for hydroxylation is 1. The van der Waals surface area contributed by atoms with Gasteiger partial charge in [0, 0.05) is 13.8 Å². The number of ketones is 1. The van der Waals surface area contributed by atoms with Crippen molar-refractivity contribution in [3.63, 3.8) is 0 Å². The quantitative estimate of drug-likeness (QED) is 0.693. The molecule has 0 N–H and O–H groups in total. The van der Waals surface area contributed by atoms with E-state index in [-0.39, 0.29) is 5.78 Å². The number of hydrogen-bond acceptors (Lipinski definition) is 3. The van der Waals surface area contributed by atoms with E-state index in [4.69, 9.17) is 0 Å². The van der Waals surface area contributed by atoms with Crippen LogP contribution in [0.4, 0.5) is 0 Å². The fourth-order valence-corrected chi connectivity index (χ4v) is 4.53. The minimum Gasteiger partial charge on any atom is -0.287 e. The van der Waals surface area contributed by atoms with Crippen molar-refractivity contribution in [1.29, 1.82) is 0 Å². The summed E-state index contributed by atoms with van der Waals surface area (Å²) in [5.74, 6) is 0.0850. The van der Waals surface area contributed by atoms with Crippen LogP contribution >= 0.6 is 54.5 Å². The Kier molecular flexibility index (Phi) is 3.45. The molecule has 15 heavy (non-hydrogen) atoms. The van der Waals surface area contributed by atoms with Crippen molar-refractivity contribution >= 4 is 60.3 Å². The molecular formula is C10H6Br2OS2. The van der Waals surface area contributed by atoms with Crippen LogP contribution < -0.4 is 0 Å². The molecule has 0 bridgehead atoms. The second-order valence-corrected chi connectivity index (χ2v) is 6.84. The average molecular weight is 366 g/mol. The Balaban J connectivity index is 2.45. The average Bonchev–Trinajstić information content (AvgIpc) is 2.71. The summed E-state index contributed by atoms with van der Waals surface area (Å²) in [6.45, 7) is 2.00. The lowest BCUT2D eigenvalue weighted by molar-refractivity contribution is 0.104. The van der Waals surface area contributed by atoms with Gasteiger partial charge in [0.25, 0.3) is 0 Å². The number of rotatable bonds is 2. The van der Waals surface area contributed by atoms with Crippen LogP contribution in [0.1, 0.15) is 19.4 Å². The van der Waals surface area contributed by atoms with Crippen molar-refractivity contribution in [2.24, 2.45) is 0 Å². The molecule has 0 radical (unpaired) electrons. The Hall–Kier alpha value is 0.0300. The van der Waals surface area contributed by atoms with E-state index in [1.165, 1.54) is 22.7 Å². The second kappa shape index (κ2) is 4.49. The summed E-state index contributed by atoms with van der Waals surface area (Å²) in [4.78, 5) is 14.8. The van der Waals surface area contributed by atoms with Crippen molar-refractivity contribution in [2.45, 2.75) is 6.92 Å². The highest BCUT2D eigenvalue weighted by molar-refractivity contribution is 9.11. The van der Waals surface area contributed by atoms with E-state index in [0.717, 1.165) is 23.6 Å². The highest BCUT2D eigenvalue weighted by Crippen LogP contribution is 2.32. The Morgan fingerprint density at radius 2 is 2.00 bits per heavy atom. The third-order valence-electron chi connectivity index (χ3n) is 1.84. The summed E-state index contributed by atoms with van der Waals surface area (Å²) >= 11 is 9.76. The van der Waals surface area contributed by atoms with E-state index in [0.29, 0.717) is 0 Å². The standard InChI is InChI=1S/C10H6Br2OS2/c1-5-4-7(12)10(15-5)8(13)9-6(11)2-3-14-9/h2-4H,1H3. The van der Waals surface area contributed by atoms with Crippen LogP contribution in [0.5, 0.6) is 0 Å². The number of carbonyl (C=O) groups excluding carboxylic acids is 1. The summed E-state index contributed by atoms with van der Waals surface area (Å²) in [6, 6.07) is 3.87. The molecule has 0 amide bonds. The first kappa shape index (κ1) is 11.5. The molecule has 5 heteroatoms. The first-order valence-corrected chi connectivity index (χ1v) is 7.41. The Bertz CT molecular complexity index is 513.